The van der Waals surface area contributed by atoms with Crippen LogP contribution < -0.4 is 5.32 Å². The number of rotatable bonds is 4. The highest BCUT2D eigenvalue weighted by atomic mass is 79.9. The van der Waals surface area contributed by atoms with Crippen LogP contribution in [-0.2, 0) is 0 Å². The number of aliphatic imine (C=N–C) groups is 1. The molecule has 1 heterocycles. The summed E-state index contributed by atoms with van der Waals surface area (Å²) in [6.45, 7) is 5.09. The smallest absolute Gasteiger partial charge is 0.124 e. The summed E-state index contributed by atoms with van der Waals surface area (Å²) < 4.78 is 0.966. The number of halogens is 1. The summed E-state index contributed by atoms with van der Waals surface area (Å²) in [4.78, 5) is 4.61. The molecule has 0 spiro atoms. The monoisotopic (exact) mass is 324 g/mol. The van der Waals surface area contributed by atoms with Gasteiger partial charge < -0.3 is 10.4 Å². The number of nitrogens with one attached hydrogen (secondary N) is 1. The Morgan fingerprint density at radius 1 is 1.42 bits per heavy atom. The van der Waals surface area contributed by atoms with Crippen molar-refractivity contribution in [2.24, 2.45) is 10.9 Å². The normalized spacial score (nSPS) is 17.7. The molecule has 0 saturated carbocycles. The summed E-state index contributed by atoms with van der Waals surface area (Å²) in [6.07, 6.45) is 3.67. The number of hydrogen-bond donors (Lipinski definition) is 2. The number of piperidine rings is 1. The maximum Gasteiger partial charge on any atom is 0.124 e. The number of nitrogens with zero attached hydrogens (tertiary/aromatic N) is 1. The van der Waals surface area contributed by atoms with Crippen LogP contribution in [0.3, 0.4) is 0 Å². The second kappa shape index (κ2) is 7.06. The first kappa shape index (κ1) is 14.5. The van der Waals surface area contributed by atoms with E-state index in [9.17, 15) is 5.11 Å². The van der Waals surface area contributed by atoms with Gasteiger partial charge in [-0.3, -0.25) is 4.99 Å². The second-order valence-electron chi connectivity index (χ2n) is 5.11. The lowest BCUT2D eigenvalue weighted by Gasteiger charge is -2.21. The summed E-state index contributed by atoms with van der Waals surface area (Å²) in [5, 5.41) is 13.2. The van der Waals surface area contributed by atoms with Gasteiger partial charge >= 0.3 is 0 Å². The van der Waals surface area contributed by atoms with Crippen LogP contribution in [0.25, 0.3) is 0 Å². The maximum atomic E-state index is 9.84. The molecule has 1 aromatic carbocycles. The number of hydrogen-bond acceptors (Lipinski definition) is 3. The van der Waals surface area contributed by atoms with Crippen LogP contribution in [0.5, 0.6) is 5.75 Å². The number of benzene rings is 1. The molecule has 3 nitrogen and oxygen atoms in total. The molecular weight excluding hydrogens is 304 g/mol. The molecule has 104 valence electrons. The van der Waals surface area contributed by atoms with Gasteiger partial charge in [0.2, 0.25) is 0 Å². The first-order chi connectivity index (χ1) is 9.16. The lowest BCUT2D eigenvalue weighted by atomic mass is 9.95. The van der Waals surface area contributed by atoms with E-state index in [2.05, 4.69) is 26.2 Å². The van der Waals surface area contributed by atoms with Crippen LogP contribution in [0.2, 0.25) is 0 Å². The Kier molecular flexibility index (Phi) is 5.40. The molecule has 0 unspecified atom stereocenters. The number of aromatic hydroxyl groups is 1. The van der Waals surface area contributed by atoms with Crippen LogP contribution in [-0.4, -0.2) is 30.5 Å². The van der Waals surface area contributed by atoms with Gasteiger partial charge in [0.25, 0.3) is 0 Å². The lowest BCUT2D eigenvalue weighted by molar-refractivity contribution is 0.358. The third-order valence-electron chi connectivity index (χ3n) is 3.69. The van der Waals surface area contributed by atoms with E-state index in [4.69, 9.17) is 0 Å². The maximum absolute atomic E-state index is 9.84. The van der Waals surface area contributed by atoms with Crippen LogP contribution in [0, 0.1) is 5.92 Å². The molecule has 2 N–H and O–H groups in total. The SMILES string of the molecule is CC(=NCCC1CCNCC1)c1cc(Br)ccc1O. The summed E-state index contributed by atoms with van der Waals surface area (Å²) in [7, 11) is 0. The highest BCUT2D eigenvalue weighted by Gasteiger charge is 2.12. The standard InChI is InChI=1S/C15H21BrN2O/c1-11(14-10-13(16)2-3-15(14)19)18-9-6-12-4-7-17-8-5-12/h2-3,10,12,17,19H,4-9H2,1H3. The van der Waals surface area contributed by atoms with E-state index in [-0.39, 0.29) is 0 Å². The molecular formula is C15H21BrN2O. The summed E-state index contributed by atoms with van der Waals surface area (Å²) in [6, 6.07) is 5.45. The van der Waals surface area contributed by atoms with Crippen molar-refractivity contribution < 1.29 is 5.11 Å². The molecule has 1 aromatic rings. The number of phenols is 1. The molecule has 0 aromatic heterocycles. The van der Waals surface area contributed by atoms with Crippen molar-refractivity contribution in [1.29, 1.82) is 0 Å². The fourth-order valence-corrected chi connectivity index (χ4v) is 2.83. The van der Waals surface area contributed by atoms with Gasteiger partial charge in [-0.2, -0.15) is 0 Å². The second-order valence-corrected chi connectivity index (χ2v) is 6.03. The third kappa shape index (κ3) is 4.32. The Labute approximate surface area is 123 Å². The van der Waals surface area contributed by atoms with Crippen LogP contribution in [0.1, 0.15) is 31.7 Å². The Bertz CT molecular complexity index is 453. The third-order valence-corrected chi connectivity index (χ3v) is 4.19. The van der Waals surface area contributed by atoms with Crippen molar-refractivity contribution in [1.82, 2.24) is 5.32 Å². The first-order valence-electron chi connectivity index (χ1n) is 6.87. The predicted molar refractivity (Wildman–Crippen MR) is 83.1 cm³/mol. The van der Waals surface area contributed by atoms with Gasteiger partial charge in [0.1, 0.15) is 5.75 Å². The average Bonchev–Trinajstić information content (AvgIpc) is 2.42. The highest BCUT2D eigenvalue weighted by Crippen LogP contribution is 2.23. The summed E-state index contributed by atoms with van der Waals surface area (Å²) in [5.74, 6) is 1.10. The largest absolute Gasteiger partial charge is 0.507 e. The molecule has 1 aliphatic rings. The van der Waals surface area contributed by atoms with Crippen molar-refractivity contribution >= 4 is 21.6 Å². The van der Waals surface area contributed by atoms with Crippen LogP contribution in [0.4, 0.5) is 0 Å². The summed E-state index contributed by atoms with van der Waals surface area (Å²) in [5.41, 5.74) is 1.73. The van der Waals surface area contributed by atoms with Crippen molar-refractivity contribution in [2.45, 2.75) is 26.2 Å². The zero-order chi connectivity index (χ0) is 13.7. The van der Waals surface area contributed by atoms with Gasteiger partial charge in [-0.05, 0) is 63.4 Å². The van der Waals surface area contributed by atoms with Gasteiger partial charge in [0.15, 0.2) is 0 Å². The average molecular weight is 325 g/mol. The van der Waals surface area contributed by atoms with Gasteiger partial charge in [-0.1, -0.05) is 15.9 Å². The molecule has 1 aliphatic heterocycles. The molecule has 4 heteroatoms. The van der Waals surface area contributed by atoms with Gasteiger partial charge in [-0.25, -0.2) is 0 Å². The van der Waals surface area contributed by atoms with Crippen LogP contribution >= 0.6 is 15.9 Å². The zero-order valence-electron chi connectivity index (χ0n) is 11.3. The van der Waals surface area contributed by atoms with E-state index in [1.54, 1.807) is 6.07 Å². The lowest BCUT2D eigenvalue weighted by Crippen LogP contribution is -2.28. The Hall–Kier alpha value is -0.870. The van der Waals surface area contributed by atoms with E-state index in [0.717, 1.165) is 47.7 Å². The quantitative estimate of drug-likeness (QED) is 0.834. The van der Waals surface area contributed by atoms with Crippen molar-refractivity contribution in [2.75, 3.05) is 19.6 Å². The Balaban J connectivity index is 1.92. The van der Waals surface area contributed by atoms with Gasteiger partial charge in [0.05, 0.1) is 0 Å². The molecule has 0 aliphatic carbocycles. The van der Waals surface area contributed by atoms with E-state index in [1.165, 1.54) is 12.8 Å². The molecule has 2 rings (SSSR count). The van der Waals surface area contributed by atoms with E-state index < -0.39 is 0 Å². The fourth-order valence-electron chi connectivity index (χ4n) is 2.47. The Morgan fingerprint density at radius 3 is 2.89 bits per heavy atom. The van der Waals surface area contributed by atoms with Crippen molar-refractivity contribution in [3.05, 3.63) is 28.2 Å². The minimum atomic E-state index is 0.298. The van der Waals surface area contributed by atoms with Crippen molar-refractivity contribution in [3.63, 3.8) is 0 Å². The highest BCUT2D eigenvalue weighted by molar-refractivity contribution is 9.10. The van der Waals surface area contributed by atoms with E-state index in [1.807, 2.05) is 19.1 Å². The summed E-state index contributed by atoms with van der Waals surface area (Å²) >= 11 is 3.42. The first-order valence-corrected chi connectivity index (χ1v) is 7.67. The topological polar surface area (TPSA) is 44.6 Å². The molecule has 0 bridgehead atoms. The minimum absolute atomic E-state index is 0.298. The van der Waals surface area contributed by atoms with Gasteiger partial charge in [-0.15, -0.1) is 0 Å². The molecule has 1 saturated heterocycles. The minimum Gasteiger partial charge on any atom is -0.507 e. The molecule has 0 radical (unpaired) electrons. The molecule has 0 amide bonds. The predicted octanol–water partition coefficient (Wildman–Crippen LogP) is 3.35. The number of phenolic OH excluding ortho intramolecular Hbond substituents is 1. The Morgan fingerprint density at radius 2 is 2.16 bits per heavy atom. The van der Waals surface area contributed by atoms with Gasteiger partial charge in [0, 0.05) is 22.3 Å². The molecule has 0 atom stereocenters. The zero-order valence-corrected chi connectivity index (χ0v) is 12.9. The van der Waals surface area contributed by atoms with E-state index in [0.29, 0.717) is 5.75 Å². The fraction of sp³-hybridized carbons (Fsp3) is 0.533. The van der Waals surface area contributed by atoms with Crippen molar-refractivity contribution in [3.8, 4) is 5.75 Å². The molecule has 19 heavy (non-hydrogen) atoms. The molecule has 1 fully saturated rings. The van der Waals surface area contributed by atoms with Crippen LogP contribution in [0.15, 0.2) is 27.7 Å². The van der Waals surface area contributed by atoms with E-state index >= 15 is 0 Å².